The summed E-state index contributed by atoms with van der Waals surface area (Å²) in [6, 6.07) is 9.83. The molecule has 218 valence electrons. The van der Waals surface area contributed by atoms with Crippen LogP contribution in [0.5, 0.6) is 0 Å². The summed E-state index contributed by atoms with van der Waals surface area (Å²) in [5.41, 5.74) is -1.82. The molecule has 14 heteroatoms. The van der Waals surface area contributed by atoms with Gasteiger partial charge in [0.15, 0.2) is 0 Å². The quantitative estimate of drug-likeness (QED) is 0.191. The average Bonchev–Trinajstić information content (AvgIpc) is 2.94. The molecule has 0 aromatic rings. The number of nitrogens with one attached hydrogen (secondary N) is 2. The second-order valence-corrected chi connectivity index (χ2v) is 9.65. The van der Waals surface area contributed by atoms with Crippen LogP contribution in [0.1, 0.15) is 51.4 Å². The second-order valence-electron chi connectivity index (χ2n) is 9.65. The molecule has 0 spiro atoms. The van der Waals surface area contributed by atoms with Crippen LogP contribution in [0.2, 0.25) is 0 Å². The van der Waals surface area contributed by atoms with Gasteiger partial charge in [0.1, 0.15) is 47.6 Å². The van der Waals surface area contributed by atoms with Crippen LogP contribution in [-0.2, 0) is 0 Å². The fraction of sp³-hybridized carbons (Fsp3) is 0.500. The zero-order valence-electron chi connectivity index (χ0n) is 22.2. The molecule has 0 bridgehead atoms. The van der Waals surface area contributed by atoms with E-state index in [-0.39, 0.29) is 46.8 Å². The Kier molecular flexibility index (Phi) is 11.6. The van der Waals surface area contributed by atoms with Crippen LogP contribution in [0.15, 0.2) is 44.8 Å². The molecule has 0 aromatic heterocycles. The van der Waals surface area contributed by atoms with E-state index in [2.05, 4.69) is 10.6 Å². The lowest BCUT2D eigenvalue weighted by Crippen LogP contribution is -2.32. The lowest BCUT2D eigenvalue weighted by atomic mass is 9.81. The minimum Gasteiger partial charge on any atom is -0.387 e. The van der Waals surface area contributed by atoms with Crippen molar-refractivity contribution in [2.24, 2.45) is 11.8 Å². The van der Waals surface area contributed by atoms with Crippen molar-refractivity contribution in [1.29, 1.82) is 31.6 Å². The van der Waals surface area contributed by atoms with E-state index < -0.39 is 61.0 Å². The Morgan fingerprint density at radius 2 is 0.905 bits per heavy atom. The number of hydrogen-bond donors (Lipinski definition) is 2. The van der Waals surface area contributed by atoms with Crippen LogP contribution in [0.4, 0.5) is 26.3 Å². The third kappa shape index (κ3) is 8.30. The highest BCUT2D eigenvalue weighted by molar-refractivity contribution is 5.58. The zero-order chi connectivity index (χ0) is 31.5. The molecule has 2 rings (SSSR count). The monoisotopic (exact) mass is 586 g/mol. The van der Waals surface area contributed by atoms with Gasteiger partial charge in [-0.2, -0.15) is 57.9 Å². The fourth-order valence-corrected chi connectivity index (χ4v) is 4.81. The molecule has 0 amide bonds. The first-order valence-electron chi connectivity index (χ1n) is 12.8. The number of hydrogen-bond acceptors (Lipinski definition) is 8. The van der Waals surface area contributed by atoms with Gasteiger partial charge >= 0.3 is 12.4 Å². The number of nitriles is 6. The Balaban J connectivity index is 2.00. The fourth-order valence-electron chi connectivity index (χ4n) is 4.81. The van der Waals surface area contributed by atoms with Crippen LogP contribution in [0.3, 0.4) is 0 Å². The third-order valence-electron chi connectivity index (χ3n) is 6.99. The Labute approximate surface area is 238 Å². The van der Waals surface area contributed by atoms with E-state index in [4.69, 9.17) is 21.0 Å². The molecule has 0 radical (unpaired) electrons. The van der Waals surface area contributed by atoms with Gasteiger partial charge in [-0.05, 0) is 25.7 Å². The van der Waals surface area contributed by atoms with Crippen molar-refractivity contribution in [1.82, 2.24) is 10.6 Å². The third-order valence-corrected chi connectivity index (χ3v) is 6.99. The maximum Gasteiger partial charge on any atom is 0.392 e. The summed E-state index contributed by atoms with van der Waals surface area (Å²) < 4.78 is 80.8. The largest absolute Gasteiger partial charge is 0.392 e. The molecule has 0 saturated heterocycles. The Hall–Kier alpha value is -4.92. The standard InChI is InChI=1S/C28H24F6N8/c29-27(30,31)19-7-21(17(11-35)12-36)23(15-39)25(9-19)41-5-3-1-2-4-6-42-26-10-20(28(32,33)34)8-22(24(26)16-40)18(13-37)14-38/h19-20,41-42H,1-10H2. The van der Waals surface area contributed by atoms with Gasteiger partial charge < -0.3 is 10.6 Å². The molecule has 2 aliphatic carbocycles. The van der Waals surface area contributed by atoms with Crippen LogP contribution in [0, 0.1) is 79.8 Å². The van der Waals surface area contributed by atoms with Crippen molar-refractivity contribution in [3.05, 3.63) is 44.8 Å². The van der Waals surface area contributed by atoms with E-state index in [1.807, 2.05) is 12.1 Å². The lowest BCUT2D eigenvalue weighted by molar-refractivity contribution is -0.175. The number of nitrogens with zero attached hydrogens (tertiary/aromatic N) is 6. The minimum atomic E-state index is -4.59. The van der Waals surface area contributed by atoms with E-state index >= 15 is 0 Å². The van der Waals surface area contributed by atoms with Gasteiger partial charge in [0, 0.05) is 48.5 Å². The molecule has 2 atom stereocenters. The van der Waals surface area contributed by atoms with Gasteiger partial charge in [-0.3, -0.25) is 0 Å². The molecule has 0 saturated carbocycles. The van der Waals surface area contributed by atoms with Gasteiger partial charge in [0.2, 0.25) is 0 Å². The smallest absolute Gasteiger partial charge is 0.387 e. The zero-order valence-corrected chi connectivity index (χ0v) is 22.2. The van der Waals surface area contributed by atoms with Gasteiger partial charge in [-0.15, -0.1) is 0 Å². The Morgan fingerprint density at radius 1 is 0.571 bits per heavy atom. The molecule has 42 heavy (non-hydrogen) atoms. The lowest BCUT2D eigenvalue weighted by Gasteiger charge is -2.29. The first-order chi connectivity index (χ1) is 19.9. The topological polar surface area (TPSA) is 167 Å². The second kappa shape index (κ2) is 14.6. The normalized spacial score (nSPS) is 19.0. The SMILES string of the molecule is N#CC(C#N)=C1CC(C(F)(F)F)CC(NCCCCCCNC2=C(C#N)C(=C(C#N)C#N)CC(C(F)(F)F)C2)=C1C#N. The first-order valence-corrected chi connectivity index (χ1v) is 12.8. The Bertz CT molecular complexity index is 1290. The van der Waals surface area contributed by atoms with Crippen molar-refractivity contribution in [2.75, 3.05) is 13.1 Å². The highest BCUT2D eigenvalue weighted by Gasteiger charge is 2.45. The van der Waals surface area contributed by atoms with E-state index in [1.165, 1.54) is 0 Å². The van der Waals surface area contributed by atoms with Crippen molar-refractivity contribution in [2.45, 2.75) is 63.7 Å². The summed E-state index contributed by atoms with van der Waals surface area (Å²) in [6.07, 6.45) is -9.35. The van der Waals surface area contributed by atoms with Crippen LogP contribution < -0.4 is 10.6 Å². The maximum atomic E-state index is 13.5. The number of halogens is 6. The first kappa shape index (κ1) is 33.3. The number of allylic oxidation sites excluding steroid dienone is 8. The molecule has 2 unspecified atom stereocenters. The maximum absolute atomic E-state index is 13.5. The van der Waals surface area contributed by atoms with Gasteiger partial charge in [-0.25, -0.2) is 0 Å². The summed E-state index contributed by atoms with van der Waals surface area (Å²) in [5.74, 6) is -3.71. The molecule has 0 heterocycles. The van der Waals surface area contributed by atoms with Crippen molar-refractivity contribution in [3.8, 4) is 36.4 Å². The summed E-state index contributed by atoms with van der Waals surface area (Å²) in [6.45, 7) is 0.410. The molecule has 2 N–H and O–H groups in total. The molecule has 0 fully saturated rings. The summed E-state index contributed by atoms with van der Waals surface area (Å²) in [7, 11) is 0. The van der Waals surface area contributed by atoms with Gasteiger partial charge in [-0.1, -0.05) is 12.8 Å². The van der Waals surface area contributed by atoms with E-state index in [9.17, 15) is 36.9 Å². The van der Waals surface area contributed by atoms with Gasteiger partial charge in [0.25, 0.3) is 0 Å². The molecular formula is C28H24F6N8. The highest BCUT2D eigenvalue weighted by atomic mass is 19.4. The molecule has 0 aromatic carbocycles. The van der Waals surface area contributed by atoms with E-state index in [0.29, 0.717) is 25.7 Å². The van der Waals surface area contributed by atoms with Crippen LogP contribution >= 0.6 is 0 Å². The van der Waals surface area contributed by atoms with Gasteiger partial charge in [0.05, 0.1) is 23.0 Å². The molecular weight excluding hydrogens is 562 g/mol. The predicted molar refractivity (Wildman–Crippen MR) is 134 cm³/mol. The van der Waals surface area contributed by atoms with E-state index in [1.54, 1.807) is 24.3 Å². The summed E-state index contributed by atoms with van der Waals surface area (Å²) >= 11 is 0. The summed E-state index contributed by atoms with van der Waals surface area (Å²) in [5, 5.41) is 61.3. The predicted octanol–water partition coefficient (Wildman–Crippen LogP) is 5.91. The van der Waals surface area contributed by atoms with Crippen molar-refractivity contribution >= 4 is 0 Å². The minimum absolute atomic E-state index is 0.0104. The molecule has 8 nitrogen and oxygen atoms in total. The average molecular weight is 587 g/mol. The van der Waals surface area contributed by atoms with Crippen LogP contribution in [0.25, 0.3) is 0 Å². The molecule has 2 aliphatic rings. The molecule has 0 aliphatic heterocycles. The highest BCUT2D eigenvalue weighted by Crippen LogP contribution is 2.43. The van der Waals surface area contributed by atoms with Crippen molar-refractivity contribution in [3.63, 3.8) is 0 Å². The van der Waals surface area contributed by atoms with E-state index in [0.717, 1.165) is 0 Å². The van der Waals surface area contributed by atoms with Crippen molar-refractivity contribution < 1.29 is 26.3 Å². The Morgan fingerprint density at radius 3 is 1.17 bits per heavy atom. The number of alkyl halides is 6. The summed E-state index contributed by atoms with van der Waals surface area (Å²) in [4.78, 5) is 0. The number of unbranched alkanes of at least 4 members (excludes halogenated alkanes) is 3. The van der Waals surface area contributed by atoms with Crippen LogP contribution in [-0.4, -0.2) is 25.4 Å². The number of rotatable bonds is 9.